The molecule has 1 heterocycles. The molecule has 0 atom stereocenters. The molecule has 0 bridgehead atoms. The normalized spacial score (nSPS) is 16.7. The maximum atomic E-state index is 12.1. The number of rotatable bonds is 2. The van der Waals surface area contributed by atoms with Gasteiger partial charge in [0.2, 0.25) is 5.71 Å². The lowest BCUT2D eigenvalue weighted by atomic mass is 9.94. The Morgan fingerprint density at radius 1 is 0.952 bits per heavy atom. The van der Waals surface area contributed by atoms with Crippen LogP contribution in [0.2, 0.25) is 0 Å². The molecule has 3 nitrogen and oxygen atoms in total. The first-order valence-corrected chi connectivity index (χ1v) is 7.14. The molecule has 1 N–H and O–H groups in total. The second-order valence-corrected chi connectivity index (χ2v) is 5.99. The summed E-state index contributed by atoms with van der Waals surface area (Å²) in [5, 5.41) is 0. The lowest BCUT2D eigenvalue weighted by molar-refractivity contribution is -0.563. The Hall–Kier alpha value is -2.42. The zero-order valence-electron chi connectivity index (χ0n) is 12.3. The Bertz CT molecular complexity index is 646. The van der Waals surface area contributed by atoms with Gasteiger partial charge in [0.25, 0.3) is 5.91 Å². The lowest BCUT2D eigenvalue weighted by Crippen LogP contribution is -2.31. The van der Waals surface area contributed by atoms with E-state index in [-0.39, 0.29) is 11.3 Å². The summed E-state index contributed by atoms with van der Waals surface area (Å²) < 4.78 is 1.97. The number of hydrogen-bond acceptors (Lipinski definition) is 1. The highest BCUT2D eigenvalue weighted by molar-refractivity contribution is 6.10. The molecule has 3 rings (SSSR count). The van der Waals surface area contributed by atoms with Crippen molar-refractivity contribution in [1.29, 1.82) is 0 Å². The molecule has 1 saturated heterocycles. The first-order chi connectivity index (χ1) is 10.1. The van der Waals surface area contributed by atoms with Gasteiger partial charge in [-0.25, -0.2) is 0 Å². The monoisotopic (exact) mass is 279 g/mol. The summed E-state index contributed by atoms with van der Waals surface area (Å²) in [5.41, 5.74) is 5.85. The molecule has 106 valence electrons. The van der Waals surface area contributed by atoms with E-state index in [2.05, 4.69) is 29.7 Å². The van der Waals surface area contributed by atoms with Gasteiger partial charge < -0.3 is 0 Å². The molecule has 2 aromatic rings. The first kappa shape index (κ1) is 13.6. The third kappa shape index (κ3) is 2.59. The molecule has 1 fully saturated rings. The number of carbonyl (C=O) groups is 1. The second-order valence-electron chi connectivity index (χ2n) is 5.99. The van der Waals surface area contributed by atoms with Gasteiger partial charge in [0.15, 0.2) is 6.54 Å². The largest absolute Gasteiger partial charge is 0.286 e. The van der Waals surface area contributed by atoms with E-state index >= 15 is 0 Å². The van der Waals surface area contributed by atoms with Gasteiger partial charge in [-0.05, 0) is 38.1 Å². The van der Waals surface area contributed by atoms with Crippen molar-refractivity contribution in [1.82, 2.24) is 5.43 Å². The fraction of sp³-hybridized carbons (Fsp3) is 0.222. The van der Waals surface area contributed by atoms with Crippen LogP contribution in [0.5, 0.6) is 0 Å². The van der Waals surface area contributed by atoms with E-state index in [1.165, 1.54) is 0 Å². The molecule has 0 unspecified atom stereocenters. The molecule has 1 amide bonds. The van der Waals surface area contributed by atoms with Crippen LogP contribution < -0.4 is 5.43 Å². The van der Waals surface area contributed by atoms with Gasteiger partial charge in [0.05, 0.1) is 0 Å². The number of amides is 1. The zero-order valence-corrected chi connectivity index (χ0v) is 12.3. The van der Waals surface area contributed by atoms with Crippen molar-refractivity contribution >= 4 is 11.6 Å². The summed E-state index contributed by atoms with van der Waals surface area (Å²) in [5.74, 6) is 0.0619. The summed E-state index contributed by atoms with van der Waals surface area (Å²) in [6.45, 7) is 4.59. The van der Waals surface area contributed by atoms with E-state index in [1.54, 1.807) is 0 Å². The molecule has 0 aliphatic carbocycles. The number of nitrogens with one attached hydrogen (secondary N) is 1. The van der Waals surface area contributed by atoms with Gasteiger partial charge in [-0.15, -0.1) is 10.1 Å². The first-order valence-electron chi connectivity index (χ1n) is 7.14. The highest BCUT2D eigenvalue weighted by atomic mass is 16.2. The average molecular weight is 279 g/mol. The third-order valence-corrected chi connectivity index (χ3v) is 3.77. The van der Waals surface area contributed by atoms with Crippen molar-refractivity contribution in [2.75, 3.05) is 6.54 Å². The summed E-state index contributed by atoms with van der Waals surface area (Å²) in [6, 6.07) is 20.3. The van der Waals surface area contributed by atoms with Crippen LogP contribution in [0.1, 0.15) is 25.0 Å². The number of hydrazone groups is 1. The van der Waals surface area contributed by atoms with E-state index in [1.807, 2.05) is 54.9 Å². The smallest absolute Gasteiger partial charge is 0.268 e. The van der Waals surface area contributed by atoms with Crippen LogP contribution >= 0.6 is 0 Å². The molecular formula is C18H19N2O+. The number of benzene rings is 2. The molecule has 1 aliphatic rings. The maximum absolute atomic E-state index is 12.1. The highest BCUT2D eigenvalue weighted by Gasteiger charge is 2.44. The number of hydrazine groups is 1. The number of hydrogen-bond donors (Lipinski definition) is 1. The molecule has 2 aromatic carbocycles. The van der Waals surface area contributed by atoms with Crippen LogP contribution in [0.4, 0.5) is 0 Å². The van der Waals surface area contributed by atoms with E-state index in [4.69, 9.17) is 0 Å². The Morgan fingerprint density at radius 3 is 1.81 bits per heavy atom. The van der Waals surface area contributed by atoms with Gasteiger partial charge in [-0.2, -0.15) is 0 Å². The van der Waals surface area contributed by atoms with Gasteiger partial charge in [0.1, 0.15) is 5.41 Å². The molecule has 1 aliphatic heterocycles. The van der Waals surface area contributed by atoms with Crippen LogP contribution in [0.3, 0.4) is 0 Å². The lowest BCUT2D eigenvalue weighted by Gasteiger charge is -2.07. The van der Waals surface area contributed by atoms with Crippen molar-refractivity contribution < 1.29 is 9.48 Å². The molecule has 0 aromatic heterocycles. The minimum absolute atomic E-state index is 0.0619. The molecule has 0 spiro atoms. The highest BCUT2D eigenvalue weighted by Crippen LogP contribution is 2.22. The average Bonchev–Trinajstić information content (AvgIpc) is 2.75. The van der Waals surface area contributed by atoms with Crippen LogP contribution in [0.15, 0.2) is 60.7 Å². The van der Waals surface area contributed by atoms with Gasteiger partial charge in [0, 0.05) is 11.1 Å². The van der Waals surface area contributed by atoms with Crippen molar-refractivity contribution in [2.24, 2.45) is 5.41 Å². The maximum Gasteiger partial charge on any atom is 0.286 e. The van der Waals surface area contributed by atoms with Crippen molar-refractivity contribution in [3.8, 4) is 0 Å². The zero-order chi connectivity index (χ0) is 14.9. The predicted octanol–water partition coefficient (Wildman–Crippen LogP) is 2.61. The fourth-order valence-corrected chi connectivity index (χ4v) is 2.59. The van der Waals surface area contributed by atoms with Gasteiger partial charge in [-0.3, -0.25) is 4.79 Å². The van der Waals surface area contributed by atoms with E-state index in [9.17, 15) is 4.79 Å². The van der Waals surface area contributed by atoms with Gasteiger partial charge in [-0.1, -0.05) is 36.4 Å². The topological polar surface area (TPSA) is 32.1 Å². The number of nitrogens with zero attached hydrogens (tertiary/aromatic N) is 1. The van der Waals surface area contributed by atoms with E-state index in [0.717, 1.165) is 16.8 Å². The Morgan fingerprint density at radius 2 is 1.43 bits per heavy atom. The van der Waals surface area contributed by atoms with Crippen LogP contribution in [0, 0.1) is 5.41 Å². The van der Waals surface area contributed by atoms with Crippen LogP contribution in [0.25, 0.3) is 0 Å². The Labute approximate surface area is 124 Å². The van der Waals surface area contributed by atoms with Crippen LogP contribution in [-0.4, -0.2) is 22.8 Å². The molecule has 3 heteroatoms. The second kappa shape index (κ2) is 5.17. The summed E-state index contributed by atoms with van der Waals surface area (Å²) >= 11 is 0. The van der Waals surface area contributed by atoms with E-state index < -0.39 is 0 Å². The molecular weight excluding hydrogens is 260 g/mol. The minimum Gasteiger partial charge on any atom is -0.268 e. The van der Waals surface area contributed by atoms with Gasteiger partial charge >= 0.3 is 0 Å². The summed E-state index contributed by atoms with van der Waals surface area (Å²) in [6.07, 6.45) is 0. The Kier molecular flexibility index (Phi) is 3.34. The van der Waals surface area contributed by atoms with Crippen molar-refractivity contribution in [3.63, 3.8) is 0 Å². The molecule has 21 heavy (non-hydrogen) atoms. The fourth-order valence-electron chi connectivity index (χ4n) is 2.59. The number of carbonyl (C=O) groups excluding carboxylic acids is 1. The quantitative estimate of drug-likeness (QED) is 0.842. The molecule has 0 saturated carbocycles. The van der Waals surface area contributed by atoms with E-state index in [0.29, 0.717) is 6.54 Å². The summed E-state index contributed by atoms with van der Waals surface area (Å²) in [4.78, 5) is 12.1. The van der Waals surface area contributed by atoms with Crippen molar-refractivity contribution in [3.05, 3.63) is 71.8 Å². The van der Waals surface area contributed by atoms with Crippen LogP contribution in [-0.2, 0) is 4.79 Å². The summed E-state index contributed by atoms with van der Waals surface area (Å²) in [7, 11) is 0. The standard InChI is InChI=1S/C18H18N2O/c1-18(2)13-20(19-17(18)21)16(14-9-5-3-6-10-14)15-11-7-4-8-12-15/h3-12H,13H2,1-2H3/p+1. The Balaban J connectivity index is 2.17. The SMILES string of the molecule is CC1(C)C[N+](=C(c2ccccc2)c2ccccc2)NC1=O. The van der Waals surface area contributed by atoms with Crippen molar-refractivity contribution in [2.45, 2.75) is 13.8 Å². The molecule has 0 radical (unpaired) electrons. The predicted molar refractivity (Wildman–Crippen MR) is 83.1 cm³/mol. The third-order valence-electron chi connectivity index (χ3n) is 3.77. The minimum atomic E-state index is -0.380.